The fourth-order valence-corrected chi connectivity index (χ4v) is 2.50. The van der Waals surface area contributed by atoms with Gasteiger partial charge in [-0.25, -0.2) is 13.8 Å². The standard InChI is InChI=1S/C19H13F2N3O/c1-25-13-4-2-3-12(7-13)18-9-14(15(10-22)19(23)24-18)11-5-6-16(20)17(21)8-11/h2-9H,1H3,(H2,23,24). The lowest BCUT2D eigenvalue weighted by Gasteiger charge is -2.11. The second-order valence-electron chi connectivity index (χ2n) is 5.29. The minimum absolute atomic E-state index is 0.0163. The lowest BCUT2D eigenvalue weighted by Crippen LogP contribution is -2.00. The van der Waals surface area contributed by atoms with Crippen molar-refractivity contribution in [1.82, 2.24) is 4.98 Å². The molecule has 0 spiro atoms. The SMILES string of the molecule is COc1cccc(-c2cc(-c3ccc(F)c(F)c3)c(C#N)c(N)n2)c1. The molecule has 0 aliphatic heterocycles. The molecule has 2 aromatic carbocycles. The van der Waals surface area contributed by atoms with Crippen LogP contribution in [0.25, 0.3) is 22.4 Å². The summed E-state index contributed by atoms with van der Waals surface area (Å²) in [6.45, 7) is 0. The van der Waals surface area contributed by atoms with Crippen molar-refractivity contribution < 1.29 is 13.5 Å². The van der Waals surface area contributed by atoms with Crippen LogP contribution in [-0.2, 0) is 0 Å². The van der Waals surface area contributed by atoms with Gasteiger partial charge in [-0.2, -0.15) is 5.26 Å². The zero-order valence-electron chi connectivity index (χ0n) is 13.3. The monoisotopic (exact) mass is 337 g/mol. The highest BCUT2D eigenvalue weighted by molar-refractivity contribution is 5.80. The number of nitriles is 1. The van der Waals surface area contributed by atoms with Gasteiger partial charge in [-0.1, -0.05) is 18.2 Å². The zero-order valence-corrected chi connectivity index (χ0v) is 13.3. The Kier molecular flexibility index (Phi) is 4.31. The van der Waals surface area contributed by atoms with Gasteiger partial charge in [-0.05, 0) is 35.9 Å². The number of anilines is 1. The van der Waals surface area contributed by atoms with Gasteiger partial charge in [-0.15, -0.1) is 0 Å². The largest absolute Gasteiger partial charge is 0.497 e. The van der Waals surface area contributed by atoms with E-state index in [1.54, 1.807) is 31.4 Å². The number of pyridine rings is 1. The molecule has 0 saturated heterocycles. The van der Waals surface area contributed by atoms with Crippen molar-refractivity contribution in [2.45, 2.75) is 0 Å². The Labute approximate surface area is 143 Å². The summed E-state index contributed by atoms with van der Waals surface area (Å²) >= 11 is 0. The van der Waals surface area contributed by atoms with Crippen LogP contribution in [0.4, 0.5) is 14.6 Å². The molecule has 124 valence electrons. The second-order valence-corrected chi connectivity index (χ2v) is 5.29. The molecule has 4 nitrogen and oxygen atoms in total. The van der Waals surface area contributed by atoms with Crippen molar-refractivity contribution in [3.63, 3.8) is 0 Å². The molecule has 0 atom stereocenters. The summed E-state index contributed by atoms with van der Waals surface area (Å²) in [6, 6.07) is 14.2. The molecule has 3 rings (SSSR count). The highest BCUT2D eigenvalue weighted by atomic mass is 19.2. The van der Waals surface area contributed by atoms with Gasteiger partial charge >= 0.3 is 0 Å². The predicted octanol–water partition coefficient (Wildman–Crippen LogP) is 4.16. The molecule has 25 heavy (non-hydrogen) atoms. The van der Waals surface area contributed by atoms with E-state index in [0.717, 1.165) is 17.7 Å². The van der Waals surface area contributed by atoms with Crippen molar-refractivity contribution in [2.75, 3.05) is 12.8 Å². The number of benzene rings is 2. The third-order valence-electron chi connectivity index (χ3n) is 3.76. The first-order chi connectivity index (χ1) is 12.0. The lowest BCUT2D eigenvalue weighted by molar-refractivity contribution is 0.415. The van der Waals surface area contributed by atoms with Crippen LogP contribution >= 0.6 is 0 Å². The Morgan fingerprint density at radius 3 is 2.52 bits per heavy atom. The number of nitrogens with zero attached hydrogens (tertiary/aromatic N) is 2. The predicted molar refractivity (Wildman–Crippen MR) is 90.7 cm³/mol. The molecule has 0 fully saturated rings. The summed E-state index contributed by atoms with van der Waals surface area (Å²) < 4.78 is 32.0. The van der Waals surface area contributed by atoms with Crippen LogP contribution in [0.2, 0.25) is 0 Å². The first-order valence-electron chi connectivity index (χ1n) is 7.34. The maximum Gasteiger partial charge on any atom is 0.159 e. The molecule has 3 aromatic rings. The first kappa shape index (κ1) is 16.4. The van der Waals surface area contributed by atoms with Gasteiger partial charge in [0.2, 0.25) is 0 Å². The molecule has 0 unspecified atom stereocenters. The second kappa shape index (κ2) is 6.57. The van der Waals surface area contributed by atoms with Gasteiger partial charge in [0.1, 0.15) is 23.2 Å². The maximum absolute atomic E-state index is 13.6. The Morgan fingerprint density at radius 1 is 1.04 bits per heavy atom. The third kappa shape index (κ3) is 3.12. The van der Waals surface area contributed by atoms with E-state index < -0.39 is 11.6 Å². The molecule has 0 amide bonds. The van der Waals surface area contributed by atoms with E-state index in [0.29, 0.717) is 22.6 Å². The number of ether oxygens (including phenoxy) is 1. The van der Waals surface area contributed by atoms with Crippen LogP contribution in [-0.4, -0.2) is 12.1 Å². The highest BCUT2D eigenvalue weighted by Crippen LogP contribution is 2.32. The highest BCUT2D eigenvalue weighted by Gasteiger charge is 2.15. The number of hydrogen-bond acceptors (Lipinski definition) is 4. The number of aromatic nitrogens is 1. The number of nitrogen functional groups attached to an aromatic ring is 1. The van der Waals surface area contributed by atoms with E-state index in [9.17, 15) is 14.0 Å². The van der Waals surface area contributed by atoms with Gasteiger partial charge in [0.15, 0.2) is 11.6 Å². The van der Waals surface area contributed by atoms with E-state index in [1.165, 1.54) is 6.07 Å². The molecule has 1 aromatic heterocycles. The van der Waals surface area contributed by atoms with Crippen LogP contribution in [0.3, 0.4) is 0 Å². The Hall–Kier alpha value is -3.46. The van der Waals surface area contributed by atoms with Crippen molar-refractivity contribution in [1.29, 1.82) is 5.26 Å². The summed E-state index contributed by atoms with van der Waals surface area (Å²) in [7, 11) is 1.55. The molecular weight excluding hydrogens is 324 g/mol. The summed E-state index contributed by atoms with van der Waals surface area (Å²) in [6.07, 6.45) is 0. The van der Waals surface area contributed by atoms with Gasteiger partial charge in [-0.3, -0.25) is 0 Å². The van der Waals surface area contributed by atoms with Crippen molar-refractivity contribution in [2.24, 2.45) is 0 Å². The first-order valence-corrected chi connectivity index (χ1v) is 7.34. The molecule has 0 bridgehead atoms. The van der Waals surface area contributed by atoms with E-state index >= 15 is 0 Å². The summed E-state index contributed by atoms with van der Waals surface area (Å²) in [5, 5.41) is 9.37. The number of hydrogen-bond donors (Lipinski definition) is 1. The maximum atomic E-state index is 13.6. The fraction of sp³-hybridized carbons (Fsp3) is 0.0526. The van der Waals surface area contributed by atoms with Gasteiger partial charge < -0.3 is 10.5 Å². The Balaban J connectivity index is 2.22. The van der Waals surface area contributed by atoms with Crippen molar-refractivity contribution in [3.8, 4) is 34.2 Å². The van der Waals surface area contributed by atoms with Crippen LogP contribution < -0.4 is 10.5 Å². The number of halogens is 2. The molecule has 1 heterocycles. The lowest BCUT2D eigenvalue weighted by atomic mass is 9.98. The van der Waals surface area contributed by atoms with Crippen LogP contribution in [0.15, 0.2) is 48.5 Å². The number of methoxy groups -OCH3 is 1. The zero-order chi connectivity index (χ0) is 18.0. The van der Waals surface area contributed by atoms with E-state index in [4.69, 9.17) is 10.5 Å². The molecule has 2 N–H and O–H groups in total. The minimum Gasteiger partial charge on any atom is -0.497 e. The van der Waals surface area contributed by atoms with Crippen molar-refractivity contribution >= 4 is 5.82 Å². The smallest absolute Gasteiger partial charge is 0.159 e. The van der Waals surface area contributed by atoms with E-state index in [1.807, 2.05) is 12.1 Å². The average Bonchev–Trinajstić information content (AvgIpc) is 2.63. The molecule has 6 heteroatoms. The molecule has 0 aliphatic carbocycles. The third-order valence-corrected chi connectivity index (χ3v) is 3.76. The van der Waals surface area contributed by atoms with Crippen molar-refractivity contribution in [3.05, 3.63) is 65.7 Å². The topological polar surface area (TPSA) is 71.9 Å². The van der Waals surface area contributed by atoms with Gasteiger partial charge in [0.05, 0.1) is 12.8 Å². The quantitative estimate of drug-likeness (QED) is 0.779. The summed E-state index contributed by atoms with van der Waals surface area (Å²) in [4.78, 5) is 4.25. The minimum atomic E-state index is -1.00. The summed E-state index contributed by atoms with van der Waals surface area (Å²) in [5.74, 6) is -1.31. The number of nitrogens with two attached hydrogens (primary N) is 1. The van der Waals surface area contributed by atoms with Gasteiger partial charge in [0.25, 0.3) is 0 Å². The summed E-state index contributed by atoms with van der Waals surface area (Å²) in [5.41, 5.74) is 7.96. The Bertz CT molecular complexity index is 996. The van der Waals surface area contributed by atoms with Crippen LogP contribution in [0.5, 0.6) is 5.75 Å². The number of rotatable bonds is 3. The Morgan fingerprint density at radius 2 is 1.84 bits per heavy atom. The molecule has 0 saturated carbocycles. The molecular formula is C19H13F2N3O. The molecule has 0 radical (unpaired) electrons. The molecule has 0 aliphatic rings. The normalized spacial score (nSPS) is 10.3. The van der Waals surface area contributed by atoms with Crippen LogP contribution in [0, 0.1) is 23.0 Å². The van der Waals surface area contributed by atoms with E-state index in [-0.39, 0.29) is 11.4 Å². The fourth-order valence-electron chi connectivity index (χ4n) is 2.50. The van der Waals surface area contributed by atoms with E-state index in [2.05, 4.69) is 4.98 Å². The van der Waals surface area contributed by atoms with Crippen LogP contribution in [0.1, 0.15) is 5.56 Å². The van der Waals surface area contributed by atoms with Gasteiger partial charge in [0, 0.05) is 11.1 Å². The average molecular weight is 337 g/mol.